The van der Waals surface area contributed by atoms with Crippen LogP contribution in [-0.4, -0.2) is 61.4 Å². The Labute approximate surface area is 277 Å². The summed E-state index contributed by atoms with van der Waals surface area (Å²) in [6, 6.07) is 39.8. The van der Waals surface area contributed by atoms with Crippen LogP contribution < -0.4 is 0 Å². The lowest BCUT2D eigenvalue weighted by Gasteiger charge is -2.43. The Morgan fingerprint density at radius 3 is 1.64 bits per heavy atom. The van der Waals surface area contributed by atoms with Crippen molar-refractivity contribution in [2.75, 3.05) is 19.8 Å². The number of hydrogen-bond acceptors (Lipinski definition) is 8. The standard InChI is InChI=1S/C39H44O8/c1-29-37(46-28-39(29,40)27-41-22-30-14-6-2-7-15-30)47-35-34(42-23-31-16-8-3-9-17-31)26-45-38(44-25-33-20-12-5-13-21-33)36(35)43-24-32-18-10-4-11-19-32/h2-21,29,34-38,40H,22-28H2,1H3/t29-,34+,35-,36+,37-,38-,39+/m1/s1. The molecule has 4 aromatic carbocycles. The van der Waals surface area contributed by atoms with E-state index in [1.165, 1.54) is 0 Å². The maximum Gasteiger partial charge on any atom is 0.186 e. The van der Waals surface area contributed by atoms with Gasteiger partial charge in [0.05, 0.1) is 46.2 Å². The van der Waals surface area contributed by atoms with E-state index < -0.39 is 42.4 Å². The molecule has 0 radical (unpaired) electrons. The molecule has 0 spiro atoms. The lowest BCUT2D eigenvalue weighted by Crippen LogP contribution is -2.58. The van der Waals surface area contributed by atoms with Gasteiger partial charge in [0.15, 0.2) is 12.6 Å². The van der Waals surface area contributed by atoms with Gasteiger partial charge in [-0.15, -0.1) is 0 Å². The molecule has 4 aromatic rings. The van der Waals surface area contributed by atoms with Crippen LogP contribution in [0.15, 0.2) is 121 Å². The minimum absolute atomic E-state index is 0.0792. The first kappa shape index (κ1) is 33.5. The van der Waals surface area contributed by atoms with Gasteiger partial charge in [-0.3, -0.25) is 0 Å². The van der Waals surface area contributed by atoms with Crippen LogP contribution in [0.3, 0.4) is 0 Å². The van der Waals surface area contributed by atoms with Crippen molar-refractivity contribution >= 4 is 0 Å². The second kappa shape index (κ2) is 16.6. The molecule has 2 saturated heterocycles. The van der Waals surface area contributed by atoms with Crippen molar-refractivity contribution < 1.29 is 38.3 Å². The predicted octanol–water partition coefficient (Wildman–Crippen LogP) is 6.06. The topological polar surface area (TPSA) is 84.8 Å². The maximum atomic E-state index is 11.6. The van der Waals surface area contributed by atoms with Crippen LogP contribution >= 0.6 is 0 Å². The van der Waals surface area contributed by atoms with Crippen LogP contribution in [0.5, 0.6) is 0 Å². The molecular weight excluding hydrogens is 596 g/mol. The summed E-state index contributed by atoms with van der Waals surface area (Å²) in [6.07, 6.45) is -3.25. The van der Waals surface area contributed by atoms with Gasteiger partial charge in [-0.05, 0) is 22.3 Å². The number of benzene rings is 4. The van der Waals surface area contributed by atoms with Gasteiger partial charge >= 0.3 is 0 Å². The van der Waals surface area contributed by atoms with Crippen LogP contribution in [0.25, 0.3) is 0 Å². The van der Waals surface area contributed by atoms with Gasteiger partial charge in [0.25, 0.3) is 0 Å². The van der Waals surface area contributed by atoms with Gasteiger partial charge in [0.1, 0.15) is 23.9 Å². The Hall–Kier alpha value is -3.44. The molecule has 1 N–H and O–H groups in total. The fourth-order valence-electron chi connectivity index (χ4n) is 5.83. The van der Waals surface area contributed by atoms with Gasteiger partial charge in [0, 0.05) is 5.92 Å². The average molecular weight is 641 g/mol. The molecule has 0 bridgehead atoms. The molecule has 0 unspecified atom stereocenters. The van der Waals surface area contributed by atoms with E-state index in [9.17, 15) is 5.11 Å². The van der Waals surface area contributed by atoms with Crippen molar-refractivity contribution in [2.45, 2.75) is 69.8 Å². The molecule has 248 valence electrons. The summed E-state index contributed by atoms with van der Waals surface area (Å²) < 4.78 is 44.5. The summed E-state index contributed by atoms with van der Waals surface area (Å²) in [5.74, 6) is -0.394. The predicted molar refractivity (Wildman–Crippen MR) is 176 cm³/mol. The van der Waals surface area contributed by atoms with E-state index in [2.05, 4.69) is 0 Å². The van der Waals surface area contributed by atoms with E-state index in [1.807, 2.05) is 128 Å². The minimum atomic E-state index is -1.23. The lowest BCUT2D eigenvalue weighted by molar-refractivity contribution is -0.322. The molecular formula is C39H44O8. The first-order valence-electron chi connectivity index (χ1n) is 16.3. The van der Waals surface area contributed by atoms with E-state index >= 15 is 0 Å². The summed E-state index contributed by atoms with van der Waals surface area (Å²) in [5, 5.41) is 11.6. The first-order chi connectivity index (χ1) is 23.1. The normalized spacial score (nSPS) is 27.5. The third-order valence-electron chi connectivity index (χ3n) is 8.74. The molecule has 7 atom stereocenters. The fraction of sp³-hybridized carbons (Fsp3) is 0.385. The van der Waals surface area contributed by atoms with E-state index in [0.717, 1.165) is 22.3 Å². The zero-order chi connectivity index (χ0) is 32.3. The zero-order valence-electron chi connectivity index (χ0n) is 26.8. The van der Waals surface area contributed by atoms with Crippen molar-refractivity contribution in [1.29, 1.82) is 0 Å². The Morgan fingerprint density at radius 1 is 0.596 bits per heavy atom. The SMILES string of the molecule is C[C@@H]1[C@@H](O[C@H]2[C@H](OCc3ccccc3)[C@H](OCc3ccccc3)OC[C@@H]2OCc2ccccc2)OC[C@@]1(O)COCc1ccccc1. The molecule has 0 aromatic heterocycles. The Balaban J connectivity index is 1.19. The van der Waals surface area contributed by atoms with Crippen LogP contribution in [0, 0.1) is 5.92 Å². The highest BCUT2D eigenvalue weighted by molar-refractivity contribution is 5.16. The highest BCUT2D eigenvalue weighted by Gasteiger charge is 2.51. The molecule has 2 aliphatic heterocycles. The molecule has 0 saturated carbocycles. The molecule has 47 heavy (non-hydrogen) atoms. The monoisotopic (exact) mass is 640 g/mol. The second-order valence-electron chi connectivity index (χ2n) is 12.2. The molecule has 2 fully saturated rings. The van der Waals surface area contributed by atoms with Gasteiger partial charge in [0.2, 0.25) is 0 Å². The third-order valence-corrected chi connectivity index (χ3v) is 8.74. The van der Waals surface area contributed by atoms with E-state index in [1.54, 1.807) is 0 Å². The van der Waals surface area contributed by atoms with E-state index in [-0.39, 0.29) is 19.8 Å². The summed E-state index contributed by atoms with van der Waals surface area (Å²) in [5.41, 5.74) is 2.87. The van der Waals surface area contributed by atoms with Gasteiger partial charge < -0.3 is 38.3 Å². The number of ether oxygens (including phenoxy) is 7. The Morgan fingerprint density at radius 2 is 1.09 bits per heavy atom. The van der Waals surface area contributed by atoms with Crippen molar-refractivity contribution in [3.05, 3.63) is 144 Å². The number of aliphatic hydroxyl groups is 1. The third kappa shape index (κ3) is 9.13. The average Bonchev–Trinajstić information content (AvgIpc) is 3.40. The highest BCUT2D eigenvalue weighted by Crippen LogP contribution is 2.36. The maximum absolute atomic E-state index is 11.6. The molecule has 0 aliphatic carbocycles. The van der Waals surface area contributed by atoms with Crippen LogP contribution in [0.1, 0.15) is 29.2 Å². The van der Waals surface area contributed by atoms with Crippen molar-refractivity contribution in [3.63, 3.8) is 0 Å². The van der Waals surface area contributed by atoms with Crippen molar-refractivity contribution in [2.24, 2.45) is 5.92 Å². The van der Waals surface area contributed by atoms with Crippen LogP contribution in [0.2, 0.25) is 0 Å². The van der Waals surface area contributed by atoms with Gasteiger partial charge in [-0.1, -0.05) is 128 Å². The Bertz CT molecular complexity index is 1460. The summed E-state index contributed by atoms with van der Waals surface area (Å²) >= 11 is 0. The lowest BCUT2D eigenvalue weighted by atomic mass is 9.92. The van der Waals surface area contributed by atoms with Crippen LogP contribution in [-0.2, 0) is 59.6 Å². The number of hydrogen-bond donors (Lipinski definition) is 1. The van der Waals surface area contributed by atoms with Gasteiger partial charge in [-0.2, -0.15) is 0 Å². The zero-order valence-corrected chi connectivity index (χ0v) is 26.8. The second-order valence-corrected chi connectivity index (χ2v) is 12.2. The van der Waals surface area contributed by atoms with Crippen LogP contribution in [0.4, 0.5) is 0 Å². The largest absolute Gasteiger partial charge is 0.385 e. The van der Waals surface area contributed by atoms with Crippen molar-refractivity contribution in [3.8, 4) is 0 Å². The number of rotatable bonds is 15. The highest BCUT2D eigenvalue weighted by atomic mass is 16.7. The molecule has 8 nitrogen and oxygen atoms in total. The molecule has 6 rings (SSSR count). The van der Waals surface area contributed by atoms with E-state index in [0.29, 0.717) is 26.4 Å². The summed E-state index contributed by atoms with van der Waals surface area (Å²) in [7, 11) is 0. The molecule has 0 amide bonds. The van der Waals surface area contributed by atoms with Crippen molar-refractivity contribution in [1.82, 2.24) is 0 Å². The van der Waals surface area contributed by atoms with Gasteiger partial charge in [-0.25, -0.2) is 0 Å². The Kier molecular flexibility index (Phi) is 11.8. The minimum Gasteiger partial charge on any atom is -0.385 e. The first-order valence-corrected chi connectivity index (χ1v) is 16.3. The molecule has 8 heteroatoms. The van der Waals surface area contributed by atoms with E-state index in [4.69, 9.17) is 33.2 Å². The summed E-state index contributed by atoms with van der Waals surface area (Å²) in [4.78, 5) is 0. The molecule has 2 heterocycles. The smallest absolute Gasteiger partial charge is 0.186 e. The quantitative estimate of drug-likeness (QED) is 0.168. The molecule has 2 aliphatic rings. The fourth-order valence-corrected chi connectivity index (χ4v) is 5.83. The summed E-state index contributed by atoms with van der Waals surface area (Å²) in [6.45, 7) is 3.77.